The quantitative estimate of drug-likeness (QED) is 0.899. The number of benzene rings is 1. The Bertz CT molecular complexity index is 681. The monoisotopic (exact) mass is 360 g/mol. The van der Waals surface area contributed by atoms with E-state index >= 15 is 0 Å². The van der Waals surface area contributed by atoms with Crippen LogP contribution in [0, 0.1) is 0 Å². The summed E-state index contributed by atoms with van der Waals surface area (Å²) in [5, 5.41) is 2.81. The van der Waals surface area contributed by atoms with Gasteiger partial charge in [-0.25, -0.2) is 4.79 Å². The van der Waals surface area contributed by atoms with E-state index < -0.39 is 11.7 Å². The summed E-state index contributed by atoms with van der Waals surface area (Å²) in [6.45, 7) is 7.31. The predicted molar refractivity (Wildman–Crippen MR) is 98.6 cm³/mol. The highest BCUT2D eigenvalue weighted by atomic mass is 16.6. The third-order valence-corrected chi connectivity index (χ3v) is 4.71. The zero-order chi connectivity index (χ0) is 18.7. The van der Waals surface area contributed by atoms with E-state index in [0.29, 0.717) is 25.3 Å². The SMILES string of the molecule is CC(C)(C)OC(=O)NCC1CCCCN1C(=O)c1ccc2c(c1)CCO2. The van der Waals surface area contributed by atoms with E-state index in [1.165, 1.54) is 0 Å². The molecule has 6 heteroatoms. The number of rotatable bonds is 3. The molecule has 1 unspecified atom stereocenters. The Hall–Kier alpha value is -2.24. The van der Waals surface area contributed by atoms with Gasteiger partial charge in [0.1, 0.15) is 11.4 Å². The minimum absolute atomic E-state index is 0.00623. The molecule has 0 saturated carbocycles. The number of fused-ring (bicyclic) bond motifs is 1. The van der Waals surface area contributed by atoms with Gasteiger partial charge in [0, 0.05) is 31.1 Å². The maximum absolute atomic E-state index is 13.0. The molecule has 0 spiro atoms. The first-order valence-electron chi connectivity index (χ1n) is 9.37. The molecule has 2 heterocycles. The normalized spacial score (nSPS) is 19.5. The average molecular weight is 360 g/mol. The second kappa shape index (κ2) is 7.56. The minimum atomic E-state index is -0.529. The molecule has 26 heavy (non-hydrogen) atoms. The lowest BCUT2D eigenvalue weighted by atomic mass is 10.00. The third kappa shape index (κ3) is 4.48. The van der Waals surface area contributed by atoms with Gasteiger partial charge in [-0.3, -0.25) is 4.79 Å². The van der Waals surface area contributed by atoms with Crippen LogP contribution in [0.2, 0.25) is 0 Å². The summed E-state index contributed by atoms with van der Waals surface area (Å²) in [5.41, 5.74) is 1.26. The van der Waals surface area contributed by atoms with Crippen LogP contribution < -0.4 is 10.1 Å². The Kier molecular flexibility index (Phi) is 5.39. The predicted octanol–water partition coefficient (Wildman–Crippen LogP) is 3.14. The number of nitrogens with zero attached hydrogens (tertiary/aromatic N) is 1. The summed E-state index contributed by atoms with van der Waals surface area (Å²) in [7, 11) is 0. The number of carbonyl (C=O) groups excluding carboxylic acids is 2. The van der Waals surface area contributed by atoms with E-state index in [1.54, 1.807) is 0 Å². The zero-order valence-corrected chi connectivity index (χ0v) is 15.8. The molecule has 0 radical (unpaired) electrons. The van der Waals surface area contributed by atoms with E-state index in [2.05, 4.69) is 5.32 Å². The van der Waals surface area contributed by atoms with E-state index in [9.17, 15) is 9.59 Å². The van der Waals surface area contributed by atoms with Crippen molar-refractivity contribution in [2.45, 2.75) is 58.1 Å². The number of carbonyl (C=O) groups is 2. The molecular weight excluding hydrogens is 332 g/mol. The number of piperidine rings is 1. The zero-order valence-electron chi connectivity index (χ0n) is 15.8. The molecule has 2 aliphatic rings. The van der Waals surface area contributed by atoms with E-state index in [-0.39, 0.29) is 11.9 Å². The van der Waals surface area contributed by atoms with Crippen molar-refractivity contribution in [3.63, 3.8) is 0 Å². The van der Waals surface area contributed by atoms with Gasteiger partial charge < -0.3 is 19.7 Å². The molecule has 1 aromatic carbocycles. The van der Waals surface area contributed by atoms with Crippen molar-refractivity contribution in [1.82, 2.24) is 10.2 Å². The first kappa shape index (κ1) is 18.5. The summed E-state index contributed by atoms with van der Waals surface area (Å²) in [5.74, 6) is 0.902. The second-order valence-electron chi connectivity index (χ2n) is 7.95. The Morgan fingerprint density at radius 2 is 2.12 bits per heavy atom. The Labute approximate surface area is 154 Å². The van der Waals surface area contributed by atoms with Crippen LogP contribution in [-0.4, -0.2) is 48.2 Å². The fourth-order valence-corrected chi connectivity index (χ4v) is 3.48. The smallest absolute Gasteiger partial charge is 0.407 e. The van der Waals surface area contributed by atoms with Crippen molar-refractivity contribution < 1.29 is 19.1 Å². The van der Waals surface area contributed by atoms with Gasteiger partial charge in [0.05, 0.1) is 6.61 Å². The van der Waals surface area contributed by atoms with Gasteiger partial charge in [0.2, 0.25) is 0 Å². The molecule has 1 saturated heterocycles. The first-order valence-corrected chi connectivity index (χ1v) is 9.37. The molecule has 1 atom stereocenters. The van der Waals surface area contributed by atoms with Gasteiger partial charge in [-0.2, -0.15) is 0 Å². The maximum atomic E-state index is 13.0. The molecule has 0 bridgehead atoms. The van der Waals surface area contributed by atoms with E-state index in [1.807, 2.05) is 43.9 Å². The summed E-state index contributed by atoms with van der Waals surface area (Å²) in [6.07, 6.45) is 3.34. The van der Waals surface area contributed by atoms with Gasteiger partial charge in [-0.05, 0) is 63.8 Å². The van der Waals surface area contributed by atoms with Crippen LogP contribution >= 0.6 is 0 Å². The summed E-state index contributed by atoms with van der Waals surface area (Å²) in [4.78, 5) is 26.8. The van der Waals surface area contributed by atoms with Crippen molar-refractivity contribution in [2.75, 3.05) is 19.7 Å². The molecule has 6 nitrogen and oxygen atoms in total. The molecule has 1 fully saturated rings. The van der Waals surface area contributed by atoms with Crippen molar-refractivity contribution in [3.8, 4) is 5.75 Å². The van der Waals surface area contributed by atoms with E-state index in [4.69, 9.17) is 9.47 Å². The molecule has 2 amide bonds. The molecule has 1 aromatic rings. The Balaban J connectivity index is 1.64. The average Bonchev–Trinajstić information content (AvgIpc) is 3.06. The van der Waals surface area contributed by atoms with Crippen LogP contribution in [0.5, 0.6) is 5.75 Å². The van der Waals surface area contributed by atoms with Crippen LogP contribution in [-0.2, 0) is 11.2 Å². The van der Waals surface area contributed by atoms with Crippen molar-refractivity contribution >= 4 is 12.0 Å². The number of hydrogen-bond donors (Lipinski definition) is 1. The summed E-state index contributed by atoms with van der Waals surface area (Å²) < 4.78 is 10.8. The van der Waals surface area contributed by atoms with Crippen molar-refractivity contribution in [1.29, 1.82) is 0 Å². The fraction of sp³-hybridized carbons (Fsp3) is 0.600. The lowest BCUT2D eigenvalue weighted by Gasteiger charge is -2.36. The number of nitrogens with one attached hydrogen (secondary N) is 1. The molecular formula is C20H28N2O4. The number of ether oxygens (including phenoxy) is 2. The molecule has 3 rings (SSSR count). The van der Waals surface area contributed by atoms with Gasteiger partial charge in [0.25, 0.3) is 5.91 Å². The molecule has 2 aliphatic heterocycles. The second-order valence-corrected chi connectivity index (χ2v) is 7.95. The maximum Gasteiger partial charge on any atom is 0.407 e. The molecule has 0 aliphatic carbocycles. The molecule has 0 aromatic heterocycles. The lowest BCUT2D eigenvalue weighted by molar-refractivity contribution is 0.0462. The third-order valence-electron chi connectivity index (χ3n) is 4.71. The number of amides is 2. The van der Waals surface area contributed by atoms with Crippen LogP contribution in [0.1, 0.15) is 56.0 Å². The Morgan fingerprint density at radius 1 is 1.31 bits per heavy atom. The Morgan fingerprint density at radius 3 is 2.88 bits per heavy atom. The van der Waals surface area contributed by atoms with Gasteiger partial charge >= 0.3 is 6.09 Å². The van der Waals surface area contributed by atoms with Crippen molar-refractivity contribution in [3.05, 3.63) is 29.3 Å². The molecule has 1 N–H and O–H groups in total. The van der Waals surface area contributed by atoms with Gasteiger partial charge in [-0.1, -0.05) is 0 Å². The minimum Gasteiger partial charge on any atom is -0.493 e. The van der Waals surface area contributed by atoms with Crippen LogP contribution in [0.15, 0.2) is 18.2 Å². The number of likely N-dealkylation sites (tertiary alicyclic amines) is 1. The van der Waals surface area contributed by atoms with Gasteiger partial charge in [-0.15, -0.1) is 0 Å². The highest BCUT2D eigenvalue weighted by Crippen LogP contribution is 2.27. The van der Waals surface area contributed by atoms with Crippen molar-refractivity contribution in [2.24, 2.45) is 0 Å². The van der Waals surface area contributed by atoms with Gasteiger partial charge in [0.15, 0.2) is 0 Å². The highest BCUT2D eigenvalue weighted by molar-refractivity contribution is 5.95. The molecule has 142 valence electrons. The number of hydrogen-bond acceptors (Lipinski definition) is 4. The van der Waals surface area contributed by atoms with E-state index in [0.717, 1.165) is 37.0 Å². The standard InChI is InChI=1S/C20H28N2O4/c1-20(2,3)26-19(24)21-13-16-6-4-5-10-22(16)18(23)15-7-8-17-14(12-15)9-11-25-17/h7-8,12,16H,4-6,9-11,13H2,1-3H3,(H,21,24). The summed E-state index contributed by atoms with van der Waals surface area (Å²) in [6, 6.07) is 5.65. The first-order chi connectivity index (χ1) is 12.3. The fourth-order valence-electron chi connectivity index (χ4n) is 3.48. The lowest BCUT2D eigenvalue weighted by Crippen LogP contribution is -2.50. The van der Waals surface area contributed by atoms with Crippen LogP contribution in [0.4, 0.5) is 4.79 Å². The van der Waals surface area contributed by atoms with Crippen LogP contribution in [0.25, 0.3) is 0 Å². The number of alkyl carbamates (subject to hydrolysis) is 1. The summed E-state index contributed by atoms with van der Waals surface area (Å²) >= 11 is 0. The topological polar surface area (TPSA) is 67.9 Å². The largest absolute Gasteiger partial charge is 0.493 e. The van der Waals surface area contributed by atoms with Crippen LogP contribution in [0.3, 0.4) is 0 Å². The highest BCUT2D eigenvalue weighted by Gasteiger charge is 2.29.